The van der Waals surface area contributed by atoms with Crippen molar-refractivity contribution in [1.82, 2.24) is 9.80 Å². The van der Waals surface area contributed by atoms with Gasteiger partial charge in [-0.15, -0.1) is 0 Å². The van der Waals surface area contributed by atoms with Crippen molar-refractivity contribution in [3.8, 4) is 0 Å². The summed E-state index contributed by atoms with van der Waals surface area (Å²) in [4.78, 5) is 41.8. The van der Waals surface area contributed by atoms with Crippen molar-refractivity contribution in [2.24, 2.45) is 0 Å². The average Bonchev–Trinajstić information content (AvgIpc) is 3.12. The van der Waals surface area contributed by atoms with Gasteiger partial charge in [-0.3, -0.25) is 14.5 Å². The number of hydrogen-bond donors (Lipinski definition) is 1. The van der Waals surface area contributed by atoms with Gasteiger partial charge in [-0.1, -0.05) is 60.7 Å². The fourth-order valence-corrected chi connectivity index (χ4v) is 4.62. The first-order valence-electron chi connectivity index (χ1n) is 12.2. The van der Waals surface area contributed by atoms with Gasteiger partial charge in [0.2, 0.25) is 5.91 Å². The summed E-state index contributed by atoms with van der Waals surface area (Å²) in [6, 6.07) is 25.4. The molecule has 0 aliphatic carbocycles. The number of anilines is 1. The fraction of sp³-hybridized carbons (Fsp3) is 0.241. The van der Waals surface area contributed by atoms with Crippen molar-refractivity contribution in [1.29, 1.82) is 0 Å². The van der Waals surface area contributed by atoms with E-state index in [0.717, 1.165) is 11.1 Å². The van der Waals surface area contributed by atoms with Gasteiger partial charge in [-0.25, -0.2) is 4.79 Å². The molecule has 1 fully saturated rings. The van der Waals surface area contributed by atoms with Crippen LogP contribution in [-0.4, -0.2) is 51.9 Å². The van der Waals surface area contributed by atoms with Crippen LogP contribution in [0, 0.1) is 0 Å². The normalized spacial score (nSPS) is 15.1. The van der Waals surface area contributed by atoms with E-state index >= 15 is 0 Å². The van der Waals surface area contributed by atoms with Gasteiger partial charge < -0.3 is 15.0 Å². The third-order valence-electron chi connectivity index (χ3n) is 6.13. The van der Waals surface area contributed by atoms with Gasteiger partial charge in [0.05, 0.1) is 25.1 Å². The molecule has 0 bridgehead atoms. The molecular formula is C29H29N3O4S. The lowest BCUT2D eigenvalue weighted by Gasteiger charge is -2.24. The second-order valence-corrected chi connectivity index (χ2v) is 9.05. The molecule has 1 atom stereocenters. The van der Waals surface area contributed by atoms with Gasteiger partial charge in [0, 0.05) is 12.2 Å². The quantitative estimate of drug-likeness (QED) is 0.318. The molecule has 37 heavy (non-hydrogen) atoms. The summed E-state index contributed by atoms with van der Waals surface area (Å²) in [5, 5.41) is 3.26. The molecule has 8 heteroatoms. The van der Waals surface area contributed by atoms with E-state index in [-0.39, 0.29) is 24.8 Å². The minimum atomic E-state index is -0.696. The van der Waals surface area contributed by atoms with Crippen LogP contribution in [0.1, 0.15) is 34.8 Å². The number of thiocarbonyl (C=S) groups is 1. The van der Waals surface area contributed by atoms with Crippen molar-refractivity contribution in [3.05, 3.63) is 102 Å². The smallest absolute Gasteiger partial charge is 0.338 e. The monoisotopic (exact) mass is 515 g/mol. The van der Waals surface area contributed by atoms with Crippen LogP contribution >= 0.6 is 12.2 Å². The summed E-state index contributed by atoms with van der Waals surface area (Å²) in [6.45, 7) is 2.91. The molecule has 3 aromatic carbocycles. The van der Waals surface area contributed by atoms with Crippen molar-refractivity contribution in [2.75, 3.05) is 18.5 Å². The van der Waals surface area contributed by atoms with Crippen LogP contribution in [0.25, 0.3) is 0 Å². The molecule has 1 unspecified atom stereocenters. The highest BCUT2D eigenvalue weighted by molar-refractivity contribution is 7.80. The second kappa shape index (κ2) is 12.3. The standard InChI is InChI=1S/C29H29N3O4S/c1-2-36-28(35)23-13-15-24(16-14-23)30-26(33)19-25-27(34)32(20-22-11-7-4-8-12-22)29(37)31(25)18-17-21-9-5-3-6-10-21/h3-16,25H,2,17-20H2,1H3,(H,30,33). The maximum Gasteiger partial charge on any atom is 0.338 e. The van der Waals surface area contributed by atoms with Crippen LogP contribution in [0.15, 0.2) is 84.9 Å². The first-order valence-corrected chi connectivity index (χ1v) is 12.6. The Bertz CT molecular complexity index is 1250. The zero-order valence-corrected chi connectivity index (χ0v) is 21.4. The number of esters is 1. The lowest BCUT2D eigenvalue weighted by Crippen LogP contribution is -2.39. The maximum absolute atomic E-state index is 13.5. The predicted octanol–water partition coefficient (Wildman–Crippen LogP) is 4.43. The molecule has 3 aromatic rings. The number of rotatable bonds is 10. The number of amides is 2. The molecule has 0 aromatic heterocycles. The molecule has 1 heterocycles. The zero-order chi connectivity index (χ0) is 26.2. The maximum atomic E-state index is 13.5. The Morgan fingerprint density at radius 3 is 2.16 bits per heavy atom. The Hall–Kier alpha value is -4.04. The Kier molecular flexibility index (Phi) is 8.64. The van der Waals surface area contributed by atoms with Crippen LogP contribution < -0.4 is 5.32 Å². The molecule has 190 valence electrons. The third kappa shape index (κ3) is 6.59. The van der Waals surface area contributed by atoms with E-state index in [0.29, 0.717) is 35.9 Å². The highest BCUT2D eigenvalue weighted by atomic mass is 32.1. The summed E-state index contributed by atoms with van der Waals surface area (Å²) >= 11 is 5.73. The van der Waals surface area contributed by atoms with E-state index < -0.39 is 12.0 Å². The van der Waals surface area contributed by atoms with Gasteiger partial charge in [0.1, 0.15) is 6.04 Å². The topological polar surface area (TPSA) is 78.9 Å². The number of ether oxygens (including phenoxy) is 1. The van der Waals surface area contributed by atoms with E-state index in [1.165, 1.54) is 0 Å². The molecule has 2 amide bonds. The minimum Gasteiger partial charge on any atom is -0.462 e. The predicted molar refractivity (Wildman–Crippen MR) is 146 cm³/mol. The highest BCUT2D eigenvalue weighted by Crippen LogP contribution is 2.24. The second-order valence-electron chi connectivity index (χ2n) is 8.69. The van der Waals surface area contributed by atoms with Crippen molar-refractivity contribution in [2.45, 2.75) is 32.4 Å². The van der Waals surface area contributed by atoms with E-state index in [1.54, 1.807) is 36.1 Å². The Balaban J connectivity index is 1.47. The van der Waals surface area contributed by atoms with E-state index in [2.05, 4.69) is 5.32 Å². The molecule has 1 aliphatic rings. The molecule has 0 spiro atoms. The molecule has 0 saturated carbocycles. The minimum absolute atomic E-state index is 0.0430. The molecule has 4 rings (SSSR count). The number of hydrogen-bond acceptors (Lipinski definition) is 5. The molecule has 1 N–H and O–H groups in total. The first-order chi connectivity index (χ1) is 18.0. The summed E-state index contributed by atoms with van der Waals surface area (Å²) in [7, 11) is 0. The third-order valence-corrected chi connectivity index (χ3v) is 6.59. The molecular weight excluding hydrogens is 486 g/mol. The first kappa shape index (κ1) is 26.0. The number of benzene rings is 3. The van der Waals surface area contributed by atoms with E-state index in [9.17, 15) is 14.4 Å². The van der Waals surface area contributed by atoms with Gasteiger partial charge in [0.15, 0.2) is 5.11 Å². The lowest BCUT2D eigenvalue weighted by molar-refractivity contribution is -0.131. The van der Waals surface area contributed by atoms with Crippen LogP contribution in [0.2, 0.25) is 0 Å². The Morgan fingerprint density at radius 2 is 1.54 bits per heavy atom. The lowest BCUT2D eigenvalue weighted by atomic mass is 10.1. The summed E-state index contributed by atoms with van der Waals surface area (Å²) in [6.07, 6.45) is 0.652. The summed E-state index contributed by atoms with van der Waals surface area (Å²) < 4.78 is 4.99. The van der Waals surface area contributed by atoms with Crippen LogP contribution in [-0.2, 0) is 27.3 Å². The van der Waals surface area contributed by atoms with Crippen molar-refractivity contribution in [3.63, 3.8) is 0 Å². The van der Waals surface area contributed by atoms with Crippen LogP contribution in [0.4, 0.5) is 5.69 Å². The number of carbonyl (C=O) groups is 3. The molecule has 1 aliphatic heterocycles. The van der Waals surface area contributed by atoms with Gasteiger partial charge in [-0.05, 0) is 61.0 Å². The number of nitrogens with one attached hydrogen (secondary N) is 1. The Labute approximate surface area is 222 Å². The molecule has 7 nitrogen and oxygen atoms in total. The van der Waals surface area contributed by atoms with Gasteiger partial charge in [-0.2, -0.15) is 0 Å². The largest absolute Gasteiger partial charge is 0.462 e. The average molecular weight is 516 g/mol. The van der Waals surface area contributed by atoms with Crippen LogP contribution in [0.5, 0.6) is 0 Å². The SMILES string of the molecule is CCOC(=O)c1ccc(NC(=O)CC2C(=O)N(Cc3ccccc3)C(=S)N2CCc2ccccc2)cc1. The number of carbonyl (C=O) groups excluding carboxylic acids is 3. The van der Waals surface area contributed by atoms with E-state index in [1.807, 2.05) is 65.6 Å². The molecule has 0 radical (unpaired) electrons. The fourth-order valence-electron chi connectivity index (χ4n) is 4.24. The van der Waals surface area contributed by atoms with Gasteiger partial charge >= 0.3 is 5.97 Å². The Morgan fingerprint density at radius 1 is 0.919 bits per heavy atom. The summed E-state index contributed by atoms with van der Waals surface area (Å²) in [5.41, 5.74) is 3.03. The molecule has 1 saturated heterocycles. The summed E-state index contributed by atoms with van der Waals surface area (Å²) in [5.74, 6) is -0.913. The van der Waals surface area contributed by atoms with Gasteiger partial charge in [0.25, 0.3) is 5.91 Å². The van der Waals surface area contributed by atoms with Crippen molar-refractivity contribution < 1.29 is 19.1 Å². The van der Waals surface area contributed by atoms with Crippen LogP contribution in [0.3, 0.4) is 0 Å². The van der Waals surface area contributed by atoms with Crippen molar-refractivity contribution >= 4 is 40.8 Å². The van der Waals surface area contributed by atoms with E-state index in [4.69, 9.17) is 17.0 Å². The zero-order valence-electron chi connectivity index (χ0n) is 20.6. The number of nitrogens with zero attached hydrogens (tertiary/aromatic N) is 2. The highest BCUT2D eigenvalue weighted by Gasteiger charge is 2.43.